The van der Waals surface area contributed by atoms with Gasteiger partial charge in [0.1, 0.15) is 0 Å². The van der Waals surface area contributed by atoms with Gasteiger partial charge in [0, 0.05) is 5.56 Å². The van der Waals surface area contributed by atoms with E-state index in [9.17, 15) is 0 Å². The van der Waals surface area contributed by atoms with E-state index in [-0.39, 0.29) is 0 Å². The number of aryl methyl sites for hydroxylation is 2. The van der Waals surface area contributed by atoms with Gasteiger partial charge in [-0.25, -0.2) is 0 Å². The zero-order valence-corrected chi connectivity index (χ0v) is 11.8. The summed E-state index contributed by atoms with van der Waals surface area (Å²) in [5, 5.41) is 12.2. The molecule has 0 spiro atoms. The fourth-order valence-corrected chi connectivity index (χ4v) is 2.20. The lowest BCUT2D eigenvalue weighted by atomic mass is 10.1. The average Bonchev–Trinajstić information content (AvgIpc) is 3.06. The Kier molecular flexibility index (Phi) is 3.51. The fraction of sp³-hybridized carbons (Fsp3) is 0.231. The Hall–Kier alpha value is -2.15. The summed E-state index contributed by atoms with van der Waals surface area (Å²) < 4.78 is 10.6. The summed E-state index contributed by atoms with van der Waals surface area (Å²) in [6.45, 7) is 3.81. The van der Waals surface area contributed by atoms with Gasteiger partial charge < -0.3 is 8.94 Å². The van der Waals surface area contributed by atoms with E-state index in [2.05, 4.69) is 20.3 Å². The molecule has 3 rings (SSSR count). The Morgan fingerprint density at radius 2 is 1.90 bits per heavy atom. The molecule has 0 saturated carbocycles. The molecule has 0 aliphatic rings. The number of rotatable bonds is 4. The molecule has 0 fully saturated rings. The van der Waals surface area contributed by atoms with Crippen molar-refractivity contribution < 1.29 is 8.94 Å². The standard InChI is InChI=1S/C13H12N4O2S/c1-8-3-5-10(6-4-8)12-15-16-13(18-12)20-7-11-14-9(2)17-19-11/h3-6H,7H2,1-2H3. The molecule has 0 aliphatic carbocycles. The summed E-state index contributed by atoms with van der Waals surface area (Å²) in [7, 11) is 0. The normalized spacial score (nSPS) is 10.9. The molecule has 1 aromatic carbocycles. The molecule has 6 nitrogen and oxygen atoms in total. The zero-order valence-electron chi connectivity index (χ0n) is 11.0. The van der Waals surface area contributed by atoms with Gasteiger partial charge in [-0.05, 0) is 26.0 Å². The predicted molar refractivity (Wildman–Crippen MR) is 73.1 cm³/mol. The maximum absolute atomic E-state index is 5.59. The van der Waals surface area contributed by atoms with Crippen molar-refractivity contribution in [3.8, 4) is 11.5 Å². The fourth-order valence-electron chi connectivity index (χ4n) is 1.60. The number of hydrogen-bond donors (Lipinski definition) is 0. The number of hydrogen-bond acceptors (Lipinski definition) is 7. The van der Waals surface area contributed by atoms with E-state index in [4.69, 9.17) is 8.94 Å². The highest BCUT2D eigenvalue weighted by Crippen LogP contribution is 2.25. The molecular weight excluding hydrogens is 276 g/mol. The van der Waals surface area contributed by atoms with Gasteiger partial charge >= 0.3 is 0 Å². The van der Waals surface area contributed by atoms with Crippen LogP contribution in [0.1, 0.15) is 17.3 Å². The average molecular weight is 288 g/mol. The Balaban J connectivity index is 1.69. The molecule has 0 atom stereocenters. The van der Waals surface area contributed by atoms with E-state index in [0.29, 0.717) is 28.6 Å². The third kappa shape index (κ3) is 2.88. The molecule has 0 unspecified atom stereocenters. The van der Waals surface area contributed by atoms with Crippen molar-refractivity contribution in [3.05, 3.63) is 41.5 Å². The van der Waals surface area contributed by atoms with Gasteiger partial charge in [0.2, 0.25) is 11.8 Å². The molecule has 0 amide bonds. The highest BCUT2D eigenvalue weighted by molar-refractivity contribution is 7.98. The van der Waals surface area contributed by atoms with Crippen LogP contribution in [0.25, 0.3) is 11.5 Å². The number of thioether (sulfide) groups is 1. The first-order chi connectivity index (χ1) is 9.70. The quantitative estimate of drug-likeness (QED) is 0.683. The van der Waals surface area contributed by atoms with Crippen LogP contribution < -0.4 is 0 Å². The second-order valence-corrected chi connectivity index (χ2v) is 5.19. The van der Waals surface area contributed by atoms with Crippen molar-refractivity contribution in [1.82, 2.24) is 20.3 Å². The number of nitrogens with zero attached hydrogens (tertiary/aromatic N) is 4. The minimum atomic E-state index is 0.483. The lowest BCUT2D eigenvalue weighted by Crippen LogP contribution is -1.80. The minimum absolute atomic E-state index is 0.483. The lowest BCUT2D eigenvalue weighted by Gasteiger charge is -1.95. The van der Waals surface area contributed by atoms with Crippen LogP contribution >= 0.6 is 11.8 Å². The molecule has 2 heterocycles. The topological polar surface area (TPSA) is 77.8 Å². The van der Waals surface area contributed by atoms with Gasteiger partial charge in [0.05, 0.1) is 5.75 Å². The molecule has 0 bridgehead atoms. The number of benzene rings is 1. The van der Waals surface area contributed by atoms with Crippen molar-refractivity contribution >= 4 is 11.8 Å². The Morgan fingerprint density at radius 1 is 1.10 bits per heavy atom. The molecule has 0 N–H and O–H groups in total. The van der Waals surface area contributed by atoms with Gasteiger partial charge in [0.25, 0.3) is 5.22 Å². The Morgan fingerprint density at radius 3 is 2.60 bits per heavy atom. The molecule has 0 radical (unpaired) electrons. The van der Waals surface area contributed by atoms with Crippen LogP contribution in [-0.2, 0) is 5.75 Å². The zero-order chi connectivity index (χ0) is 13.9. The van der Waals surface area contributed by atoms with Crippen LogP contribution in [0.2, 0.25) is 0 Å². The van der Waals surface area contributed by atoms with Crippen molar-refractivity contribution in [3.63, 3.8) is 0 Å². The van der Waals surface area contributed by atoms with Crippen molar-refractivity contribution in [1.29, 1.82) is 0 Å². The molecule has 7 heteroatoms. The van der Waals surface area contributed by atoms with Crippen molar-refractivity contribution in [2.75, 3.05) is 0 Å². The summed E-state index contributed by atoms with van der Waals surface area (Å²) in [6.07, 6.45) is 0. The molecule has 20 heavy (non-hydrogen) atoms. The summed E-state index contributed by atoms with van der Waals surface area (Å²) in [4.78, 5) is 4.11. The second kappa shape index (κ2) is 5.46. The molecular formula is C13H12N4O2S. The monoisotopic (exact) mass is 288 g/mol. The van der Waals surface area contributed by atoms with Gasteiger partial charge in [0.15, 0.2) is 5.82 Å². The van der Waals surface area contributed by atoms with E-state index < -0.39 is 0 Å². The molecule has 0 saturated heterocycles. The SMILES string of the molecule is Cc1ccc(-c2nnc(SCc3nc(C)no3)o2)cc1. The first-order valence-corrected chi connectivity index (χ1v) is 7.02. The van der Waals surface area contributed by atoms with Crippen molar-refractivity contribution in [2.24, 2.45) is 0 Å². The molecule has 3 aromatic rings. The van der Waals surface area contributed by atoms with Crippen LogP contribution in [0.4, 0.5) is 0 Å². The van der Waals surface area contributed by atoms with Crippen LogP contribution in [0, 0.1) is 13.8 Å². The van der Waals surface area contributed by atoms with E-state index in [1.807, 2.05) is 31.2 Å². The maximum atomic E-state index is 5.59. The van der Waals surface area contributed by atoms with Crippen molar-refractivity contribution in [2.45, 2.75) is 24.8 Å². The van der Waals surface area contributed by atoms with Gasteiger partial charge in [-0.1, -0.05) is 34.6 Å². The van der Waals surface area contributed by atoms with Crippen LogP contribution in [0.3, 0.4) is 0 Å². The highest BCUT2D eigenvalue weighted by atomic mass is 32.2. The smallest absolute Gasteiger partial charge is 0.277 e. The summed E-state index contributed by atoms with van der Waals surface area (Å²) in [6, 6.07) is 7.93. The highest BCUT2D eigenvalue weighted by Gasteiger charge is 2.11. The lowest BCUT2D eigenvalue weighted by molar-refractivity contribution is 0.386. The van der Waals surface area contributed by atoms with Gasteiger partial charge in [-0.15, -0.1) is 10.2 Å². The molecule has 2 aromatic heterocycles. The van der Waals surface area contributed by atoms with Crippen LogP contribution in [0.15, 0.2) is 38.4 Å². The van der Waals surface area contributed by atoms with Crippen LogP contribution in [-0.4, -0.2) is 20.3 Å². The first kappa shape index (κ1) is 12.9. The third-order valence-corrected chi connectivity index (χ3v) is 3.40. The van der Waals surface area contributed by atoms with Gasteiger partial charge in [-0.3, -0.25) is 0 Å². The maximum Gasteiger partial charge on any atom is 0.277 e. The van der Waals surface area contributed by atoms with E-state index in [0.717, 1.165) is 5.56 Å². The minimum Gasteiger partial charge on any atom is -0.411 e. The van der Waals surface area contributed by atoms with E-state index in [1.54, 1.807) is 6.92 Å². The summed E-state index contributed by atoms with van der Waals surface area (Å²) in [5.74, 6) is 2.18. The molecule has 0 aliphatic heterocycles. The summed E-state index contributed by atoms with van der Waals surface area (Å²) in [5.41, 5.74) is 2.10. The van der Waals surface area contributed by atoms with Gasteiger partial charge in [-0.2, -0.15) is 4.98 Å². The Bertz CT molecular complexity index is 705. The largest absolute Gasteiger partial charge is 0.411 e. The first-order valence-electron chi connectivity index (χ1n) is 6.03. The predicted octanol–water partition coefficient (Wildman–Crippen LogP) is 3.03. The van der Waals surface area contributed by atoms with E-state index >= 15 is 0 Å². The van der Waals surface area contributed by atoms with E-state index in [1.165, 1.54) is 17.3 Å². The summed E-state index contributed by atoms with van der Waals surface area (Å²) >= 11 is 1.37. The Labute approximate surface area is 119 Å². The third-order valence-electron chi connectivity index (χ3n) is 2.59. The number of aromatic nitrogens is 4. The second-order valence-electron chi connectivity index (χ2n) is 4.26. The molecule has 102 valence electrons. The van der Waals surface area contributed by atoms with Crippen LogP contribution in [0.5, 0.6) is 0 Å².